The Morgan fingerprint density at radius 3 is 2.50 bits per heavy atom. The van der Waals surface area contributed by atoms with Crippen LogP contribution < -0.4 is 5.32 Å². The average Bonchev–Trinajstić information content (AvgIpc) is 2.21. The summed E-state index contributed by atoms with van der Waals surface area (Å²) >= 11 is 0. The summed E-state index contributed by atoms with van der Waals surface area (Å²) in [4.78, 5) is 22.4. The smallest absolute Gasteiger partial charge is 0.325 e. The molecule has 4 heteroatoms. The first-order chi connectivity index (χ1) is 7.41. The first kappa shape index (κ1) is 12.2. The standard InChI is InChI=1S/C12H15NO3/c1-7-4-5-8(2)10(6-7)11(14)13-9(3)12(15)16/h4-6,9H,1-3H3,(H,13,14)(H,15,16)/t9-/m1/s1. The van der Waals surface area contributed by atoms with Gasteiger partial charge in [-0.2, -0.15) is 0 Å². The van der Waals surface area contributed by atoms with Gasteiger partial charge in [0, 0.05) is 5.56 Å². The number of aryl methyl sites for hydroxylation is 2. The number of benzene rings is 1. The number of carboxylic acids is 1. The van der Waals surface area contributed by atoms with Crippen molar-refractivity contribution in [3.8, 4) is 0 Å². The average molecular weight is 221 g/mol. The normalized spacial score (nSPS) is 11.9. The predicted molar refractivity (Wildman–Crippen MR) is 60.5 cm³/mol. The summed E-state index contributed by atoms with van der Waals surface area (Å²) in [6.07, 6.45) is 0. The number of carbonyl (C=O) groups is 2. The van der Waals surface area contributed by atoms with E-state index < -0.39 is 12.0 Å². The molecule has 2 N–H and O–H groups in total. The molecule has 1 amide bonds. The van der Waals surface area contributed by atoms with E-state index in [0.717, 1.165) is 11.1 Å². The lowest BCUT2D eigenvalue weighted by atomic mass is 10.0. The van der Waals surface area contributed by atoms with Gasteiger partial charge in [-0.15, -0.1) is 0 Å². The van der Waals surface area contributed by atoms with Gasteiger partial charge in [0.1, 0.15) is 6.04 Å². The molecule has 0 aliphatic carbocycles. The van der Waals surface area contributed by atoms with Crippen LogP contribution in [0.15, 0.2) is 18.2 Å². The summed E-state index contributed by atoms with van der Waals surface area (Å²) in [5.41, 5.74) is 2.33. The molecule has 1 aromatic rings. The number of aliphatic carboxylic acids is 1. The van der Waals surface area contributed by atoms with Crippen LogP contribution in [0.3, 0.4) is 0 Å². The molecule has 0 aliphatic rings. The first-order valence-corrected chi connectivity index (χ1v) is 5.02. The van der Waals surface area contributed by atoms with Gasteiger partial charge in [0.05, 0.1) is 0 Å². The van der Waals surface area contributed by atoms with Crippen LogP contribution in [0.5, 0.6) is 0 Å². The topological polar surface area (TPSA) is 66.4 Å². The van der Waals surface area contributed by atoms with Crippen molar-refractivity contribution in [1.82, 2.24) is 5.32 Å². The van der Waals surface area contributed by atoms with Gasteiger partial charge in [0.15, 0.2) is 0 Å². The Bertz CT molecular complexity index is 426. The third kappa shape index (κ3) is 2.82. The van der Waals surface area contributed by atoms with Crippen LogP contribution in [0, 0.1) is 13.8 Å². The minimum atomic E-state index is -1.04. The van der Waals surface area contributed by atoms with Gasteiger partial charge in [0.2, 0.25) is 0 Å². The molecule has 0 saturated heterocycles. The van der Waals surface area contributed by atoms with E-state index in [2.05, 4.69) is 5.32 Å². The fraction of sp³-hybridized carbons (Fsp3) is 0.333. The molecule has 0 radical (unpaired) electrons. The van der Waals surface area contributed by atoms with Gasteiger partial charge in [-0.25, -0.2) is 0 Å². The van der Waals surface area contributed by atoms with Gasteiger partial charge in [-0.3, -0.25) is 9.59 Å². The fourth-order valence-corrected chi connectivity index (χ4v) is 1.32. The third-order valence-electron chi connectivity index (χ3n) is 2.36. The second kappa shape index (κ2) is 4.79. The van der Waals surface area contributed by atoms with E-state index in [1.54, 1.807) is 6.07 Å². The van der Waals surface area contributed by atoms with E-state index in [9.17, 15) is 9.59 Å². The van der Waals surface area contributed by atoms with Crippen molar-refractivity contribution in [3.05, 3.63) is 34.9 Å². The summed E-state index contributed by atoms with van der Waals surface area (Å²) in [5.74, 6) is -1.39. The van der Waals surface area contributed by atoms with Crippen molar-refractivity contribution in [2.75, 3.05) is 0 Å². The molecule has 86 valence electrons. The molecule has 0 unspecified atom stereocenters. The second-order valence-corrected chi connectivity index (χ2v) is 3.85. The van der Waals surface area contributed by atoms with E-state index in [-0.39, 0.29) is 5.91 Å². The minimum absolute atomic E-state index is 0.351. The maximum Gasteiger partial charge on any atom is 0.325 e. The van der Waals surface area contributed by atoms with E-state index in [1.165, 1.54) is 6.92 Å². The Kier molecular flexibility index (Phi) is 3.66. The Hall–Kier alpha value is -1.84. The molecule has 16 heavy (non-hydrogen) atoms. The zero-order valence-electron chi connectivity index (χ0n) is 9.57. The molecule has 1 rings (SSSR count). The van der Waals surface area contributed by atoms with Gasteiger partial charge >= 0.3 is 5.97 Å². The van der Waals surface area contributed by atoms with Gasteiger partial charge in [0.25, 0.3) is 5.91 Å². The van der Waals surface area contributed by atoms with Crippen LogP contribution in [0.4, 0.5) is 0 Å². The van der Waals surface area contributed by atoms with Crippen molar-refractivity contribution >= 4 is 11.9 Å². The maximum absolute atomic E-state index is 11.8. The largest absolute Gasteiger partial charge is 0.480 e. The van der Waals surface area contributed by atoms with Crippen molar-refractivity contribution in [1.29, 1.82) is 0 Å². The molecule has 0 aromatic heterocycles. The van der Waals surface area contributed by atoms with E-state index >= 15 is 0 Å². The summed E-state index contributed by atoms with van der Waals surface area (Å²) in [5, 5.41) is 11.1. The number of carbonyl (C=O) groups excluding carboxylic acids is 1. The molecule has 0 spiro atoms. The maximum atomic E-state index is 11.8. The fourth-order valence-electron chi connectivity index (χ4n) is 1.32. The van der Waals surface area contributed by atoms with Crippen molar-refractivity contribution < 1.29 is 14.7 Å². The number of hydrogen-bond donors (Lipinski definition) is 2. The third-order valence-corrected chi connectivity index (χ3v) is 2.36. The zero-order valence-corrected chi connectivity index (χ0v) is 9.57. The summed E-state index contributed by atoms with van der Waals surface area (Å²) in [6, 6.07) is 4.62. The highest BCUT2D eigenvalue weighted by atomic mass is 16.4. The summed E-state index contributed by atoms with van der Waals surface area (Å²) in [6.45, 7) is 5.14. The molecule has 0 fully saturated rings. The lowest BCUT2D eigenvalue weighted by Crippen LogP contribution is -2.38. The lowest BCUT2D eigenvalue weighted by Gasteiger charge is -2.11. The van der Waals surface area contributed by atoms with Crippen molar-refractivity contribution in [2.45, 2.75) is 26.8 Å². The van der Waals surface area contributed by atoms with Crippen LogP contribution in [-0.4, -0.2) is 23.0 Å². The summed E-state index contributed by atoms with van der Waals surface area (Å²) in [7, 11) is 0. The molecular formula is C12H15NO3. The molecule has 1 aromatic carbocycles. The van der Waals surface area contributed by atoms with E-state index in [4.69, 9.17) is 5.11 Å². The highest BCUT2D eigenvalue weighted by Crippen LogP contribution is 2.10. The lowest BCUT2D eigenvalue weighted by molar-refractivity contribution is -0.138. The minimum Gasteiger partial charge on any atom is -0.480 e. The molecule has 1 atom stereocenters. The van der Waals surface area contributed by atoms with Crippen LogP contribution in [0.1, 0.15) is 28.4 Å². The number of rotatable bonds is 3. The highest BCUT2D eigenvalue weighted by Gasteiger charge is 2.16. The molecular weight excluding hydrogens is 206 g/mol. The van der Waals surface area contributed by atoms with Crippen LogP contribution in [0.2, 0.25) is 0 Å². The Morgan fingerprint density at radius 1 is 1.31 bits per heavy atom. The quantitative estimate of drug-likeness (QED) is 0.813. The van der Waals surface area contributed by atoms with Gasteiger partial charge < -0.3 is 10.4 Å². The second-order valence-electron chi connectivity index (χ2n) is 3.85. The van der Waals surface area contributed by atoms with E-state index in [1.807, 2.05) is 26.0 Å². The monoisotopic (exact) mass is 221 g/mol. The number of amides is 1. The molecule has 0 saturated carbocycles. The Morgan fingerprint density at radius 2 is 1.94 bits per heavy atom. The molecule has 0 bridgehead atoms. The molecule has 4 nitrogen and oxygen atoms in total. The number of nitrogens with one attached hydrogen (secondary N) is 1. The van der Waals surface area contributed by atoms with Gasteiger partial charge in [-0.1, -0.05) is 17.7 Å². The van der Waals surface area contributed by atoms with Crippen LogP contribution in [-0.2, 0) is 4.79 Å². The van der Waals surface area contributed by atoms with Crippen molar-refractivity contribution in [2.24, 2.45) is 0 Å². The van der Waals surface area contributed by atoms with Gasteiger partial charge in [-0.05, 0) is 32.4 Å². The van der Waals surface area contributed by atoms with Crippen molar-refractivity contribution in [3.63, 3.8) is 0 Å². The Labute approximate surface area is 94.3 Å². The first-order valence-electron chi connectivity index (χ1n) is 5.02. The zero-order chi connectivity index (χ0) is 12.3. The van der Waals surface area contributed by atoms with E-state index in [0.29, 0.717) is 5.56 Å². The molecule has 0 aliphatic heterocycles. The summed E-state index contributed by atoms with van der Waals surface area (Å²) < 4.78 is 0. The Balaban J connectivity index is 2.88. The van der Waals surface area contributed by atoms with Crippen LogP contribution >= 0.6 is 0 Å². The predicted octanol–water partition coefficient (Wildman–Crippen LogP) is 1.51. The number of hydrogen-bond acceptors (Lipinski definition) is 2. The SMILES string of the molecule is Cc1ccc(C)c(C(=O)N[C@H](C)C(=O)O)c1. The number of carboxylic acid groups (broad SMARTS) is 1. The van der Waals surface area contributed by atoms with Crippen LogP contribution in [0.25, 0.3) is 0 Å². The molecule has 0 heterocycles. The highest BCUT2D eigenvalue weighted by molar-refractivity contribution is 5.97.